The highest BCUT2D eigenvalue weighted by molar-refractivity contribution is 14.1. The molecule has 0 aliphatic carbocycles. The molecule has 39 heavy (non-hydrogen) atoms. The van der Waals surface area contributed by atoms with Crippen LogP contribution in [0.1, 0.15) is 41.3 Å². The third-order valence-electron chi connectivity index (χ3n) is 7.04. The number of halogens is 3. The molecule has 0 amide bonds. The van der Waals surface area contributed by atoms with Gasteiger partial charge >= 0.3 is 17.9 Å². The average Bonchev–Trinajstić information content (AvgIpc) is 3.45. The van der Waals surface area contributed by atoms with E-state index in [-0.39, 0.29) is 27.7 Å². The van der Waals surface area contributed by atoms with Crippen LogP contribution in [-0.2, 0) is 33.9 Å². The number of aryl methyl sites for hydroxylation is 1. The largest absolute Gasteiger partial charge is 0.744 e. The molecular weight excluding hydrogens is 873 g/mol. The molecule has 5 rings (SSSR count). The van der Waals surface area contributed by atoms with E-state index in [1.807, 2.05) is 6.07 Å². The van der Waals surface area contributed by atoms with Crippen molar-refractivity contribution in [2.24, 2.45) is 11.8 Å². The van der Waals surface area contributed by atoms with Gasteiger partial charge < -0.3 is 23.5 Å². The Hall–Kier alpha value is -1.09. The van der Waals surface area contributed by atoms with Crippen LogP contribution >= 0.6 is 67.8 Å². The first kappa shape index (κ1) is 29.4. The van der Waals surface area contributed by atoms with E-state index >= 15 is 0 Å². The number of hydrogen-bond acceptors (Lipinski definition) is 10. The first-order valence-electron chi connectivity index (χ1n) is 11.7. The van der Waals surface area contributed by atoms with Gasteiger partial charge in [-0.1, -0.05) is 13.8 Å². The molecule has 3 saturated heterocycles. The minimum Gasteiger partial charge on any atom is -0.744 e. The Balaban J connectivity index is 1.43. The minimum absolute atomic E-state index is 0.0540. The fourth-order valence-electron chi connectivity index (χ4n) is 5.26. The quantitative estimate of drug-likeness (QED) is 0.138. The molecule has 3 aliphatic rings. The number of carbonyl (C=O) groups excluding carboxylic acids is 3. The molecule has 0 saturated carbocycles. The maximum absolute atomic E-state index is 13.5. The lowest BCUT2D eigenvalue weighted by Crippen LogP contribution is -2.48. The molecule has 3 heterocycles. The Labute approximate surface area is 265 Å². The zero-order valence-corrected chi connectivity index (χ0v) is 27.8. The molecule has 6 atom stereocenters. The molecule has 14 heteroatoms. The number of rotatable bonds is 6. The summed E-state index contributed by atoms with van der Waals surface area (Å²) in [5, 5.41) is 0. The molecule has 0 radical (unpaired) electrons. The van der Waals surface area contributed by atoms with Crippen molar-refractivity contribution in [1.29, 1.82) is 0 Å². The number of ether oxygens (including phenoxy) is 4. The van der Waals surface area contributed by atoms with Crippen LogP contribution in [0.5, 0.6) is 5.75 Å². The number of hydrogen-bond donors (Lipinski definition) is 0. The van der Waals surface area contributed by atoms with Gasteiger partial charge in [0.05, 0.1) is 10.5 Å². The fraction of sp³-hybridized carbons (Fsp3) is 0.400. The predicted octanol–water partition coefficient (Wildman–Crippen LogP) is 3.91. The van der Waals surface area contributed by atoms with Gasteiger partial charge in [0, 0.05) is 10.7 Å². The van der Waals surface area contributed by atoms with E-state index in [0.29, 0.717) is 9.13 Å². The van der Waals surface area contributed by atoms with Crippen LogP contribution in [0.15, 0.2) is 29.2 Å². The monoisotopic (exact) mass is 893 g/mol. The second-order valence-corrected chi connectivity index (χ2v) is 14.7. The van der Waals surface area contributed by atoms with E-state index in [2.05, 4.69) is 67.8 Å². The molecule has 6 unspecified atom stereocenters. The van der Waals surface area contributed by atoms with Gasteiger partial charge in [0.25, 0.3) is 0 Å². The van der Waals surface area contributed by atoms with Crippen molar-refractivity contribution in [3.63, 3.8) is 0 Å². The molecule has 0 spiro atoms. The Morgan fingerprint density at radius 3 is 2.38 bits per heavy atom. The SMILES string of the molecule is Cc1cc(S(=O)(=O)[O-])c(C(C)C)cc1OC(=O)C1C2OC3C(OC(=O)C31)C2OC(=O)c1cc(I)cc(I)c1I. The van der Waals surface area contributed by atoms with Crippen molar-refractivity contribution in [2.75, 3.05) is 0 Å². The van der Waals surface area contributed by atoms with E-state index in [1.54, 1.807) is 19.9 Å². The molecular formula is C25H20I3O10S-. The third kappa shape index (κ3) is 5.21. The standard InChI is InChI=1S/C25H21I3O10S/c1-8(2)11-7-14(9(3)4-15(11)39(32,33)34)35-24(30)16-17-20-22(38-25(17)31)21(19(16)36-20)37-23(29)12-5-10(26)6-13(27)18(12)28/h4-8,16-17,19-22H,1-3H3,(H,32,33,34)/p-1. The van der Waals surface area contributed by atoms with Gasteiger partial charge in [-0.2, -0.15) is 0 Å². The van der Waals surface area contributed by atoms with Crippen LogP contribution in [-0.4, -0.2) is 55.3 Å². The van der Waals surface area contributed by atoms with Crippen molar-refractivity contribution in [2.45, 2.75) is 56.0 Å². The molecule has 0 aromatic heterocycles. The predicted molar refractivity (Wildman–Crippen MR) is 158 cm³/mol. The van der Waals surface area contributed by atoms with Crippen LogP contribution in [0.25, 0.3) is 0 Å². The smallest absolute Gasteiger partial charge is 0.339 e. The van der Waals surface area contributed by atoms with E-state index in [1.165, 1.54) is 19.1 Å². The maximum atomic E-state index is 13.5. The van der Waals surface area contributed by atoms with Gasteiger partial charge in [-0.3, -0.25) is 9.59 Å². The summed E-state index contributed by atoms with van der Waals surface area (Å²) in [4.78, 5) is 39.0. The molecule has 3 fully saturated rings. The number of esters is 3. The molecule has 2 bridgehead atoms. The molecule has 2 aromatic carbocycles. The van der Waals surface area contributed by atoms with Crippen molar-refractivity contribution in [3.05, 3.63) is 51.7 Å². The van der Waals surface area contributed by atoms with Crippen molar-refractivity contribution >= 4 is 95.8 Å². The molecule has 3 aliphatic heterocycles. The zero-order chi connectivity index (χ0) is 28.5. The minimum atomic E-state index is -4.76. The summed E-state index contributed by atoms with van der Waals surface area (Å²) in [5.74, 6) is -4.41. The lowest BCUT2D eigenvalue weighted by atomic mass is 9.78. The summed E-state index contributed by atoms with van der Waals surface area (Å²) >= 11 is 6.28. The Morgan fingerprint density at radius 2 is 1.74 bits per heavy atom. The molecule has 10 nitrogen and oxygen atoms in total. The third-order valence-corrected chi connectivity index (χ3v) is 11.6. The average molecular weight is 893 g/mol. The first-order chi connectivity index (χ1) is 18.2. The fourth-order valence-corrected chi connectivity index (χ4v) is 8.54. The summed E-state index contributed by atoms with van der Waals surface area (Å²) in [6.45, 7) is 4.92. The van der Waals surface area contributed by atoms with E-state index in [4.69, 9.17) is 18.9 Å². The van der Waals surface area contributed by atoms with Crippen molar-refractivity contribution < 1.29 is 46.3 Å². The maximum Gasteiger partial charge on any atom is 0.339 e. The van der Waals surface area contributed by atoms with Crippen LogP contribution < -0.4 is 4.74 Å². The summed E-state index contributed by atoms with van der Waals surface area (Å²) in [5.41, 5.74) is 0.806. The van der Waals surface area contributed by atoms with E-state index < -0.39 is 64.3 Å². The summed E-state index contributed by atoms with van der Waals surface area (Å²) < 4.78 is 60.6. The van der Waals surface area contributed by atoms with Gasteiger partial charge in [-0.15, -0.1) is 0 Å². The zero-order valence-electron chi connectivity index (χ0n) is 20.5. The van der Waals surface area contributed by atoms with Gasteiger partial charge in [-0.25, -0.2) is 13.2 Å². The highest BCUT2D eigenvalue weighted by Crippen LogP contribution is 2.51. The number of fused-ring (bicyclic) bond motifs is 1. The van der Waals surface area contributed by atoms with Gasteiger partial charge in [0.1, 0.15) is 39.9 Å². The highest BCUT2D eigenvalue weighted by Gasteiger charge is 2.72. The van der Waals surface area contributed by atoms with E-state index in [9.17, 15) is 27.4 Å². The van der Waals surface area contributed by atoms with Gasteiger partial charge in [0.2, 0.25) is 0 Å². The second kappa shape index (κ2) is 10.6. The summed E-state index contributed by atoms with van der Waals surface area (Å²) in [7, 11) is -4.76. The summed E-state index contributed by atoms with van der Waals surface area (Å²) in [6.07, 6.45) is -3.60. The number of carbonyl (C=O) groups is 3. The normalized spacial score (nSPS) is 27.1. The molecule has 0 N–H and O–H groups in total. The van der Waals surface area contributed by atoms with Crippen LogP contribution in [0.3, 0.4) is 0 Å². The molecule has 2 aromatic rings. The lowest BCUT2D eigenvalue weighted by molar-refractivity contribution is -0.149. The molecule has 208 valence electrons. The first-order valence-corrected chi connectivity index (χ1v) is 16.4. The van der Waals surface area contributed by atoms with Crippen LogP contribution in [0.4, 0.5) is 0 Å². The second-order valence-electron chi connectivity index (χ2n) is 9.82. The highest BCUT2D eigenvalue weighted by atomic mass is 127. The van der Waals surface area contributed by atoms with Gasteiger partial charge in [0.15, 0.2) is 12.2 Å². The number of benzene rings is 2. The van der Waals surface area contributed by atoms with E-state index in [0.717, 1.165) is 7.14 Å². The Bertz CT molecular complexity index is 1520. The Morgan fingerprint density at radius 1 is 1.05 bits per heavy atom. The Kier molecular flexibility index (Phi) is 8.02. The van der Waals surface area contributed by atoms with Crippen LogP contribution in [0.2, 0.25) is 0 Å². The topological polar surface area (TPSA) is 145 Å². The van der Waals surface area contributed by atoms with Gasteiger partial charge in [-0.05, 0) is 116 Å². The van der Waals surface area contributed by atoms with Crippen molar-refractivity contribution in [3.8, 4) is 5.75 Å². The lowest BCUT2D eigenvalue weighted by Gasteiger charge is -2.27. The van der Waals surface area contributed by atoms with Crippen LogP contribution in [0, 0.1) is 29.5 Å². The summed E-state index contributed by atoms with van der Waals surface area (Å²) in [6, 6.07) is 6.13. The van der Waals surface area contributed by atoms with Crippen molar-refractivity contribution in [1.82, 2.24) is 0 Å².